The maximum atomic E-state index is 14.1. The molecule has 6 aromatic rings. The van der Waals surface area contributed by atoms with Gasteiger partial charge in [-0.1, -0.05) is 180 Å². The molecule has 0 spiro atoms. The smallest absolute Gasteiger partial charge is 0.230 e. The Morgan fingerprint density at radius 3 is 0.925 bits per heavy atom. The average Bonchev–Trinajstić information content (AvgIpc) is 3.17. The van der Waals surface area contributed by atoms with Crippen LogP contribution in [-0.4, -0.2) is 22.0 Å². The van der Waals surface area contributed by atoms with Crippen LogP contribution < -0.4 is 10.6 Å². The molecule has 0 heterocycles. The molecule has 0 bridgehead atoms. The number of carbonyl (C=O) groups is 2. The molecule has 6 rings (SSSR count). The van der Waals surface area contributed by atoms with Crippen molar-refractivity contribution in [3.63, 3.8) is 0 Å². The molecule has 0 aliphatic carbocycles. The Morgan fingerprint density at radius 2 is 0.679 bits per heavy atom. The lowest BCUT2D eigenvalue weighted by molar-refractivity contribution is -0.132. The maximum absolute atomic E-state index is 14.1. The van der Waals surface area contributed by atoms with Gasteiger partial charge in [-0.25, -0.2) is 0 Å². The van der Waals surface area contributed by atoms with Crippen LogP contribution in [-0.2, 0) is 20.8 Å². The second kappa shape index (κ2) is 15.8. The largest absolute Gasteiger partial charge is 0.378 e. The second-order valence-corrected chi connectivity index (χ2v) is 14.0. The number of amides is 2. The lowest BCUT2D eigenvalue weighted by Gasteiger charge is -2.39. The minimum Gasteiger partial charge on any atom is -0.378 e. The molecule has 0 aromatic heterocycles. The van der Waals surface area contributed by atoms with Crippen molar-refractivity contribution >= 4 is 11.8 Å². The van der Waals surface area contributed by atoms with E-state index in [0.717, 1.165) is 22.3 Å². The van der Waals surface area contributed by atoms with E-state index in [1.807, 2.05) is 185 Å². The van der Waals surface area contributed by atoms with Gasteiger partial charge in [0.1, 0.15) is 17.6 Å². The summed E-state index contributed by atoms with van der Waals surface area (Å²) in [5.74, 6) is -1.18. The van der Waals surface area contributed by atoms with Crippen LogP contribution in [0.4, 0.5) is 0 Å². The van der Waals surface area contributed by atoms with Crippen LogP contribution in [0.2, 0.25) is 0 Å². The third-order valence-electron chi connectivity index (χ3n) is 10.00. The van der Waals surface area contributed by atoms with Crippen LogP contribution >= 0.6 is 0 Å². The monoisotopic (exact) mass is 702 g/mol. The van der Waals surface area contributed by atoms with Gasteiger partial charge in [0, 0.05) is 0 Å². The van der Waals surface area contributed by atoms with E-state index >= 15 is 0 Å². The van der Waals surface area contributed by atoms with E-state index in [-0.39, 0.29) is 0 Å². The number of nitrogens with one attached hydrogen (secondary N) is 2. The van der Waals surface area contributed by atoms with E-state index in [9.17, 15) is 19.8 Å². The predicted octanol–water partition coefficient (Wildman–Crippen LogP) is 8.20. The molecule has 6 heteroatoms. The highest BCUT2D eigenvalue weighted by molar-refractivity contribution is 5.97. The molecular weight excluding hydrogens is 657 g/mol. The summed E-state index contributed by atoms with van der Waals surface area (Å²) in [4.78, 5) is 28.2. The topological polar surface area (TPSA) is 98.7 Å². The van der Waals surface area contributed by atoms with Gasteiger partial charge >= 0.3 is 0 Å². The maximum Gasteiger partial charge on any atom is 0.230 e. The van der Waals surface area contributed by atoms with E-state index in [1.54, 1.807) is 0 Å². The Hall–Kier alpha value is -5.82. The third kappa shape index (κ3) is 8.00. The van der Waals surface area contributed by atoms with Gasteiger partial charge in [0.15, 0.2) is 0 Å². The highest BCUT2D eigenvalue weighted by Gasteiger charge is 2.44. The first-order chi connectivity index (χ1) is 25.5. The zero-order valence-corrected chi connectivity index (χ0v) is 30.6. The number of benzene rings is 6. The van der Waals surface area contributed by atoms with Crippen molar-refractivity contribution in [2.45, 2.75) is 57.4 Å². The fourth-order valence-corrected chi connectivity index (χ4v) is 6.95. The SMILES string of the molecule is Cc1ccc(C(O)(c2ccc(C)cc2)[C@H](NC(=O)CC(=O)N[C@H](c2ccccc2)C(O)(c2ccc(C)cc2)c2ccc(C)cc2)c2ccccc2)cc1. The van der Waals surface area contributed by atoms with E-state index in [0.29, 0.717) is 33.4 Å². The van der Waals surface area contributed by atoms with E-state index < -0.39 is 41.5 Å². The normalized spacial score (nSPS) is 12.8. The summed E-state index contributed by atoms with van der Waals surface area (Å²) in [5, 5.41) is 31.8. The van der Waals surface area contributed by atoms with E-state index in [4.69, 9.17) is 0 Å². The summed E-state index contributed by atoms with van der Waals surface area (Å²) in [6.45, 7) is 7.91. The average molecular weight is 703 g/mol. The number of aliphatic hydroxyl groups is 2. The highest BCUT2D eigenvalue weighted by Crippen LogP contribution is 2.43. The van der Waals surface area contributed by atoms with Crippen molar-refractivity contribution in [3.8, 4) is 0 Å². The van der Waals surface area contributed by atoms with E-state index in [2.05, 4.69) is 10.6 Å². The zero-order chi connectivity index (χ0) is 37.6. The van der Waals surface area contributed by atoms with Crippen molar-refractivity contribution in [2.24, 2.45) is 0 Å². The molecule has 268 valence electrons. The molecule has 2 atom stereocenters. The Kier molecular flexibility index (Phi) is 11.0. The Balaban J connectivity index is 1.36. The number of carbonyl (C=O) groups excluding carboxylic acids is 2. The first kappa shape index (κ1) is 37.0. The summed E-state index contributed by atoms with van der Waals surface area (Å²) in [7, 11) is 0. The van der Waals surface area contributed by atoms with Crippen LogP contribution in [0.3, 0.4) is 0 Å². The van der Waals surface area contributed by atoms with Gasteiger partial charge in [0.05, 0.1) is 12.1 Å². The molecular formula is C47H46N2O4. The second-order valence-electron chi connectivity index (χ2n) is 14.0. The Bertz CT molecular complexity index is 1880. The number of rotatable bonds is 12. The van der Waals surface area contributed by atoms with Crippen molar-refractivity contribution < 1.29 is 19.8 Å². The molecule has 53 heavy (non-hydrogen) atoms. The minimum absolute atomic E-state index is 0.553. The number of hydrogen-bond donors (Lipinski definition) is 4. The van der Waals surface area contributed by atoms with Gasteiger partial charge in [0.2, 0.25) is 11.8 Å². The molecule has 0 saturated carbocycles. The first-order valence-electron chi connectivity index (χ1n) is 17.9. The summed E-state index contributed by atoms with van der Waals surface area (Å²) in [5.41, 5.74) is 4.43. The molecule has 0 unspecified atom stereocenters. The predicted molar refractivity (Wildman–Crippen MR) is 210 cm³/mol. The van der Waals surface area contributed by atoms with Crippen LogP contribution in [0.25, 0.3) is 0 Å². The lowest BCUT2D eigenvalue weighted by Crippen LogP contribution is -2.48. The first-order valence-corrected chi connectivity index (χ1v) is 17.9. The highest BCUT2D eigenvalue weighted by atomic mass is 16.3. The Morgan fingerprint density at radius 1 is 0.434 bits per heavy atom. The van der Waals surface area contributed by atoms with Gasteiger partial charge < -0.3 is 20.8 Å². The van der Waals surface area contributed by atoms with Crippen LogP contribution in [0, 0.1) is 27.7 Å². The van der Waals surface area contributed by atoms with E-state index in [1.165, 1.54) is 0 Å². The van der Waals surface area contributed by atoms with Crippen LogP contribution in [0.15, 0.2) is 158 Å². The standard InChI is InChI=1S/C47H46N2O4/c1-32-15-23-38(24-16-32)46(52,39-25-17-33(2)18-26-39)44(36-11-7-5-8-12-36)48-42(50)31-43(51)49-45(37-13-9-6-10-14-37)47(53,40-27-19-34(3)20-28-40)41-29-21-35(4)22-30-41/h5-30,44-45,52-53H,31H2,1-4H3,(H,48,50)(H,49,51)/t44-,45-/m1/s1. The van der Waals surface area contributed by atoms with Crippen molar-refractivity contribution in [2.75, 3.05) is 0 Å². The molecule has 4 N–H and O–H groups in total. The third-order valence-corrected chi connectivity index (χ3v) is 10.00. The quantitative estimate of drug-likeness (QED) is 0.0967. The fourth-order valence-electron chi connectivity index (χ4n) is 6.95. The van der Waals surface area contributed by atoms with Crippen molar-refractivity contribution in [1.82, 2.24) is 10.6 Å². The molecule has 2 amide bonds. The van der Waals surface area contributed by atoms with Crippen LogP contribution in [0.1, 0.15) is 74.1 Å². The Labute approximate surface area is 312 Å². The molecule has 0 radical (unpaired) electrons. The van der Waals surface area contributed by atoms with Gasteiger partial charge in [-0.3, -0.25) is 9.59 Å². The molecule has 0 aliphatic heterocycles. The summed E-state index contributed by atoms with van der Waals surface area (Å²) >= 11 is 0. The molecule has 6 nitrogen and oxygen atoms in total. The summed E-state index contributed by atoms with van der Waals surface area (Å²) in [6, 6.07) is 47.0. The molecule has 0 aliphatic rings. The summed E-state index contributed by atoms with van der Waals surface area (Å²) in [6.07, 6.45) is -0.553. The molecule has 0 fully saturated rings. The number of hydrogen-bond acceptors (Lipinski definition) is 4. The van der Waals surface area contributed by atoms with Gasteiger partial charge in [0.25, 0.3) is 0 Å². The molecule has 6 aromatic carbocycles. The van der Waals surface area contributed by atoms with Gasteiger partial charge in [-0.15, -0.1) is 0 Å². The van der Waals surface area contributed by atoms with Gasteiger partial charge in [-0.05, 0) is 61.1 Å². The minimum atomic E-state index is -1.70. The fraction of sp³-hybridized carbons (Fsp3) is 0.191. The van der Waals surface area contributed by atoms with Crippen LogP contribution in [0.5, 0.6) is 0 Å². The van der Waals surface area contributed by atoms with Gasteiger partial charge in [-0.2, -0.15) is 0 Å². The summed E-state index contributed by atoms with van der Waals surface area (Å²) < 4.78 is 0. The number of aryl methyl sites for hydroxylation is 4. The zero-order valence-electron chi connectivity index (χ0n) is 30.6. The van der Waals surface area contributed by atoms with Crippen molar-refractivity contribution in [3.05, 3.63) is 213 Å². The molecule has 0 saturated heterocycles. The lowest BCUT2D eigenvalue weighted by atomic mass is 9.76. The van der Waals surface area contributed by atoms with Crippen molar-refractivity contribution in [1.29, 1.82) is 0 Å².